The van der Waals surface area contributed by atoms with Gasteiger partial charge in [0.05, 0.1) is 10.6 Å². The van der Waals surface area contributed by atoms with Crippen LogP contribution in [0.3, 0.4) is 0 Å². The molecule has 1 aliphatic rings. The Labute approximate surface area is 114 Å². The first-order chi connectivity index (χ1) is 9.24. The molecule has 0 saturated carbocycles. The highest BCUT2D eigenvalue weighted by molar-refractivity contribution is 7.13. The minimum Gasteiger partial charge on any atom is -0.480 e. The fourth-order valence-electron chi connectivity index (χ4n) is 2.40. The number of hydrogen-bond acceptors (Lipinski definition) is 5. The van der Waals surface area contributed by atoms with Crippen molar-refractivity contribution in [1.82, 2.24) is 9.88 Å². The van der Waals surface area contributed by atoms with Crippen molar-refractivity contribution in [1.29, 1.82) is 0 Å². The molecule has 3 rings (SSSR count). The molecule has 19 heavy (non-hydrogen) atoms. The maximum absolute atomic E-state index is 11.1. The van der Waals surface area contributed by atoms with Crippen LogP contribution in [-0.4, -0.2) is 33.5 Å². The first-order valence-electron chi connectivity index (χ1n) is 6.19. The molecule has 5 nitrogen and oxygen atoms in total. The monoisotopic (exact) mass is 278 g/mol. The van der Waals surface area contributed by atoms with Gasteiger partial charge in [0.15, 0.2) is 0 Å². The normalized spacial score (nSPS) is 19.9. The van der Waals surface area contributed by atoms with Gasteiger partial charge in [0.2, 0.25) is 5.89 Å². The maximum Gasteiger partial charge on any atom is 0.320 e. The summed E-state index contributed by atoms with van der Waals surface area (Å²) in [4.78, 5) is 18.5. The Morgan fingerprint density at radius 2 is 2.53 bits per heavy atom. The second-order valence-electron chi connectivity index (χ2n) is 4.59. The lowest BCUT2D eigenvalue weighted by molar-refractivity contribution is -0.142. The van der Waals surface area contributed by atoms with E-state index in [1.165, 1.54) is 0 Å². The number of oxazole rings is 1. The second-order valence-corrected chi connectivity index (χ2v) is 5.54. The first kappa shape index (κ1) is 12.4. The number of rotatable bonds is 4. The Bertz CT molecular complexity index is 564. The minimum atomic E-state index is -0.750. The average molecular weight is 278 g/mol. The Balaban J connectivity index is 1.72. The number of aromatic nitrogens is 1. The van der Waals surface area contributed by atoms with Crippen LogP contribution >= 0.6 is 11.3 Å². The summed E-state index contributed by atoms with van der Waals surface area (Å²) in [6, 6.07) is 3.52. The van der Waals surface area contributed by atoms with E-state index in [9.17, 15) is 4.79 Å². The summed E-state index contributed by atoms with van der Waals surface area (Å²) in [5, 5.41) is 11.1. The van der Waals surface area contributed by atoms with Gasteiger partial charge < -0.3 is 9.52 Å². The van der Waals surface area contributed by atoms with E-state index in [-0.39, 0.29) is 6.04 Å². The van der Waals surface area contributed by atoms with E-state index in [2.05, 4.69) is 4.98 Å². The van der Waals surface area contributed by atoms with Crippen LogP contribution in [0.5, 0.6) is 0 Å². The highest BCUT2D eigenvalue weighted by Gasteiger charge is 2.30. The molecule has 2 aromatic heterocycles. The number of aliphatic carboxylic acids is 1. The SMILES string of the molecule is O=C(O)[C@@H]1CCCN1Cc1coc(-c2cccs2)n1. The van der Waals surface area contributed by atoms with Crippen LogP contribution in [-0.2, 0) is 11.3 Å². The zero-order chi connectivity index (χ0) is 13.2. The number of nitrogens with zero attached hydrogens (tertiary/aromatic N) is 2. The van der Waals surface area contributed by atoms with E-state index in [0.717, 1.165) is 23.5 Å². The topological polar surface area (TPSA) is 66.6 Å². The fraction of sp³-hybridized carbons (Fsp3) is 0.385. The molecular formula is C13H14N2O3S. The van der Waals surface area contributed by atoms with Gasteiger partial charge in [-0.3, -0.25) is 9.69 Å². The first-order valence-corrected chi connectivity index (χ1v) is 7.07. The van der Waals surface area contributed by atoms with E-state index in [4.69, 9.17) is 9.52 Å². The van der Waals surface area contributed by atoms with E-state index >= 15 is 0 Å². The molecule has 0 spiro atoms. The van der Waals surface area contributed by atoms with E-state index in [1.54, 1.807) is 17.6 Å². The van der Waals surface area contributed by atoms with Crippen molar-refractivity contribution in [3.8, 4) is 10.8 Å². The van der Waals surface area contributed by atoms with Crippen LogP contribution in [0.1, 0.15) is 18.5 Å². The molecule has 0 aliphatic carbocycles. The third-order valence-electron chi connectivity index (χ3n) is 3.30. The Hall–Kier alpha value is -1.66. The third kappa shape index (κ3) is 2.54. The van der Waals surface area contributed by atoms with Crippen molar-refractivity contribution in [2.24, 2.45) is 0 Å². The lowest BCUT2D eigenvalue weighted by atomic mass is 10.2. The van der Waals surface area contributed by atoms with Crippen LogP contribution in [0.25, 0.3) is 10.8 Å². The summed E-state index contributed by atoms with van der Waals surface area (Å²) in [6.45, 7) is 1.34. The van der Waals surface area contributed by atoms with Crippen LogP contribution in [0.4, 0.5) is 0 Å². The van der Waals surface area contributed by atoms with Crippen LogP contribution in [0.15, 0.2) is 28.2 Å². The molecular weight excluding hydrogens is 264 g/mol. The largest absolute Gasteiger partial charge is 0.480 e. The van der Waals surface area contributed by atoms with E-state index in [1.807, 2.05) is 22.4 Å². The fourth-order valence-corrected chi connectivity index (χ4v) is 3.05. The summed E-state index contributed by atoms with van der Waals surface area (Å²) in [6.07, 6.45) is 3.25. The average Bonchev–Trinajstić information content (AvgIpc) is 3.09. The standard InChI is InChI=1S/C13H14N2O3S/c16-13(17)10-3-1-5-15(10)7-9-8-18-12(14-9)11-4-2-6-19-11/h2,4,6,8,10H,1,3,5,7H2,(H,16,17)/t10-/m0/s1. The smallest absolute Gasteiger partial charge is 0.320 e. The number of likely N-dealkylation sites (tertiary alicyclic amines) is 1. The summed E-state index contributed by atoms with van der Waals surface area (Å²) in [7, 11) is 0. The molecule has 2 aromatic rings. The second kappa shape index (κ2) is 5.14. The van der Waals surface area contributed by atoms with Crippen molar-refractivity contribution in [2.75, 3.05) is 6.54 Å². The van der Waals surface area contributed by atoms with Crippen molar-refractivity contribution >= 4 is 17.3 Å². The molecule has 0 radical (unpaired) electrons. The number of hydrogen-bond donors (Lipinski definition) is 1. The zero-order valence-corrected chi connectivity index (χ0v) is 11.1. The highest BCUT2D eigenvalue weighted by Crippen LogP contribution is 2.25. The van der Waals surface area contributed by atoms with E-state index in [0.29, 0.717) is 18.9 Å². The van der Waals surface area contributed by atoms with E-state index < -0.39 is 5.97 Å². The Morgan fingerprint density at radius 1 is 1.63 bits per heavy atom. The lowest BCUT2D eigenvalue weighted by Gasteiger charge is -2.19. The van der Waals surface area contributed by atoms with Gasteiger partial charge in [-0.1, -0.05) is 6.07 Å². The van der Waals surface area contributed by atoms with Crippen LogP contribution in [0, 0.1) is 0 Å². The molecule has 1 aliphatic heterocycles. The lowest BCUT2D eigenvalue weighted by Crippen LogP contribution is -2.35. The molecule has 1 saturated heterocycles. The van der Waals surface area contributed by atoms with Gasteiger partial charge in [-0.15, -0.1) is 11.3 Å². The predicted molar refractivity (Wildman–Crippen MR) is 70.9 cm³/mol. The molecule has 0 unspecified atom stereocenters. The number of carboxylic acid groups (broad SMARTS) is 1. The minimum absolute atomic E-state index is 0.387. The summed E-state index contributed by atoms with van der Waals surface area (Å²) < 4.78 is 5.44. The predicted octanol–water partition coefficient (Wildman–Crippen LogP) is 2.45. The quantitative estimate of drug-likeness (QED) is 0.930. The molecule has 0 amide bonds. The summed E-state index contributed by atoms with van der Waals surface area (Å²) in [5.74, 6) is -0.143. The van der Waals surface area contributed by atoms with Crippen molar-refractivity contribution in [2.45, 2.75) is 25.4 Å². The van der Waals surface area contributed by atoms with Crippen molar-refractivity contribution < 1.29 is 14.3 Å². The molecule has 1 fully saturated rings. The van der Waals surface area contributed by atoms with Crippen molar-refractivity contribution in [3.05, 3.63) is 29.5 Å². The zero-order valence-electron chi connectivity index (χ0n) is 10.3. The molecule has 3 heterocycles. The van der Waals surface area contributed by atoms with Crippen LogP contribution in [0.2, 0.25) is 0 Å². The van der Waals surface area contributed by atoms with Gasteiger partial charge in [0, 0.05) is 6.54 Å². The molecule has 100 valence electrons. The number of carbonyl (C=O) groups is 1. The molecule has 0 bridgehead atoms. The van der Waals surface area contributed by atoms with Gasteiger partial charge in [-0.2, -0.15) is 0 Å². The van der Waals surface area contributed by atoms with Gasteiger partial charge in [-0.05, 0) is 30.8 Å². The van der Waals surface area contributed by atoms with Crippen molar-refractivity contribution in [3.63, 3.8) is 0 Å². The maximum atomic E-state index is 11.1. The molecule has 0 aromatic carbocycles. The summed E-state index contributed by atoms with van der Waals surface area (Å²) in [5.41, 5.74) is 0.788. The Morgan fingerprint density at radius 3 is 3.26 bits per heavy atom. The summed E-state index contributed by atoms with van der Waals surface area (Å²) >= 11 is 1.57. The third-order valence-corrected chi connectivity index (χ3v) is 4.16. The molecule has 1 N–H and O–H groups in total. The highest BCUT2D eigenvalue weighted by atomic mass is 32.1. The number of thiophene rings is 1. The van der Waals surface area contributed by atoms with Crippen LogP contribution < -0.4 is 0 Å². The number of carboxylic acids is 1. The van der Waals surface area contributed by atoms with Gasteiger partial charge in [-0.25, -0.2) is 4.98 Å². The Kier molecular flexibility index (Phi) is 3.35. The molecule has 1 atom stereocenters. The van der Waals surface area contributed by atoms with Gasteiger partial charge in [0.1, 0.15) is 12.3 Å². The van der Waals surface area contributed by atoms with Gasteiger partial charge >= 0.3 is 5.97 Å². The van der Waals surface area contributed by atoms with Gasteiger partial charge in [0.25, 0.3) is 0 Å². The molecule has 6 heteroatoms.